The summed E-state index contributed by atoms with van der Waals surface area (Å²) in [7, 11) is 0. The van der Waals surface area contributed by atoms with Crippen LogP contribution < -0.4 is 4.74 Å². The van der Waals surface area contributed by atoms with Crippen molar-refractivity contribution in [2.24, 2.45) is 0 Å². The Balaban J connectivity index is 1.55. The van der Waals surface area contributed by atoms with Gasteiger partial charge < -0.3 is 14.4 Å². The van der Waals surface area contributed by atoms with Crippen LogP contribution in [0.15, 0.2) is 73.3 Å². The van der Waals surface area contributed by atoms with Gasteiger partial charge in [0, 0.05) is 12.4 Å². The van der Waals surface area contributed by atoms with Gasteiger partial charge >= 0.3 is 0 Å². The highest BCUT2D eigenvalue weighted by Gasteiger charge is 2.06. The van der Waals surface area contributed by atoms with Crippen LogP contribution in [0.3, 0.4) is 0 Å². The zero-order valence-corrected chi connectivity index (χ0v) is 12.2. The Kier molecular flexibility index (Phi) is 4.51. The average molecular weight is 294 g/mol. The van der Waals surface area contributed by atoms with Crippen LogP contribution in [0.25, 0.3) is 11.1 Å². The Hall–Kier alpha value is -2.59. The van der Waals surface area contributed by atoms with Crippen molar-refractivity contribution in [2.75, 3.05) is 6.61 Å². The third-order valence-electron chi connectivity index (χ3n) is 3.38. The second-order valence-electron chi connectivity index (χ2n) is 5.11. The molecule has 0 bridgehead atoms. The van der Waals surface area contributed by atoms with Gasteiger partial charge in [-0.25, -0.2) is 4.98 Å². The number of hydrogen-bond donors (Lipinski definition) is 1. The molecule has 3 rings (SSSR count). The minimum Gasteiger partial charge on any atom is -0.491 e. The van der Waals surface area contributed by atoms with E-state index in [-0.39, 0.29) is 6.61 Å². The molecule has 0 aliphatic carbocycles. The highest BCUT2D eigenvalue weighted by molar-refractivity contribution is 5.63. The molecule has 3 aromatic rings. The van der Waals surface area contributed by atoms with Crippen LogP contribution in [0.4, 0.5) is 0 Å². The quantitative estimate of drug-likeness (QED) is 0.760. The van der Waals surface area contributed by atoms with Crippen molar-refractivity contribution in [3.05, 3.63) is 73.3 Å². The number of aromatic nitrogens is 2. The van der Waals surface area contributed by atoms with Crippen LogP contribution >= 0.6 is 0 Å². The molecule has 4 heteroatoms. The number of ether oxygens (including phenoxy) is 1. The molecular formula is C18H18N2O2. The van der Waals surface area contributed by atoms with E-state index >= 15 is 0 Å². The van der Waals surface area contributed by atoms with E-state index < -0.39 is 6.10 Å². The van der Waals surface area contributed by atoms with E-state index in [9.17, 15) is 5.11 Å². The maximum atomic E-state index is 9.94. The van der Waals surface area contributed by atoms with E-state index in [1.807, 2.05) is 53.2 Å². The number of rotatable bonds is 6. The van der Waals surface area contributed by atoms with Gasteiger partial charge in [0.15, 0.2) is 0 Å². The number of nitrogens with zero attached hydrogens (tertiary/aromatic N) is 2. The summed E-state index contributed by atoms with van der Waals surface area (Å²) in [6.07, 6.45) is 4.62. The Morgan fingerprint density at radius 2 is 1.73 bits per heavy atom. The first-order valence-corrected chi connectivity index (χ1v) is 7.23. The van der Waals surface area contributed by atoms with Gasteiger partial charge in [0.05, 0.1) is 12.9 Å². The van der Waals surface area contributed by atoms with E-state index in [1.54, 1.807) is 12.5 Å². The summed E-state index contributed by atoms with van der Waals surface area (Å²) in [5.74, 6) is 0.754. The minimum absolute atomic E-state index is 0.253. The van der Waals surface area contributed by atoms with Crippen molar-refractivity contribution < 1.29 is 9.84 Å². The highest BCUT2D eigenvalue weighted by atomic mass is 16.5. The van der Waals surface area contributed by atoms with E-state index in [2.05, 4.69) is 17.1 Å². The maximum Gasteiger partial charge on any atom is 0.119 e. The Morgan fingerprint density at radius 3 is 2.41 bits per heavy atom. The first-order chi connectivity index (χ1) is 10.8. The van der Waals surface area contributed by atoms with E-state index in [1.165, 1.54) is 5.56 Å². The van der Waals surface area contributed by atoms with Crippen LogP contribution in [0.2, 0.25) is 0 Å². The molecule has 1 heterocycles. The summed E-state index contributed by atoms with van der Waals surface area (Å²) in [6, 6.07) is 18.1. The summed E-state index contributed by atoms with van der Waals surface area (Å²) in [6.45, 7) is 0.727. The summed E-state index contributed by atoms with van der Waals surface area (Å²) < 4.78 is 7.45. The third-order valence-corrected chi connectivity index (χ3v) is 3.38. The van der Waals surface area contributed by atoms with Crippen molar-refractivity contribution >= 4 is 0 Å². The van der Waals surface area contributed by atoms with Gasteiger partial charge in [-0.2, -0.15) is 0 Å². The van der Waals surface area contributed by atoms with Crippen LogP contribution in [-0.2, 0) is 6.54 Å². The molecule has 4 nitrogen and oxygen atoms in total. The van der Waals surface area contributed by atoms with Gasteiger partial charge in [0.2, 0.25) is 0 Å². The van der Waals surface area contributed by atoms with Crippen molar-refractivity contribution in [1.82, 2.24) is 9.55 Å². The fourth-order valence-corrected chi connectivity index (χ4v) is 2.26. The molecule has 0 unspecified atom stereocenters. The van der Waals surface area contributed by atoms with Gasteiger partial charge in [-0.3, -0.25) is 0 Å². The maximum absolute atomic E-state index is 9.94. The summed E-state index contributed by atoms with van der Waals surface area (Å²) in [5.41, 5.74) is 2.32. The standard InChI is InChI=1S/C18H18N2O2/c21-17(12-20-11-10-19-14-20)13-22-18-8-6-16(7-9-18)15-4-2-1-3-5-15/h1-11,14,17,21H,12-13H2/t17-/m1/s1. The van der Waals surface area contributed by atoms with Crippen molar-refractivity contribution in [1.29, 1.82) is 0 Å². The third kappa shape index (κ3) is 3.74. The Morgan fingerprint density at radius 1 is 1.00 bits per heavy atom. The number of aliphatic hydroxyl groups is 1. The van der Waals surface area contributed by atoms with Crippen molar-refractivity contribution in [3.63, 3.8) is 0 Å². The monoisotopic (exact) mass is 294 g/mol. The summed E-state index contributed by atoms with van der Waals surface area (Å²) >= 11 is 0. The van der Waals surface area contributed by atoms with Crippen molar-refractivity contribution in [2.45, 2.75) is 12.6 Å². The predicted molar refractivity (Wildman–Crippen MR) is 85.6 cm³/mol. The molecule has 112 valence electrons. The molecule has 0 amide bonds. The van der Waals surface area contributed by atoms with E-state index in [4.69, 9.17) is 4.74 Å². The molecule has 0 radical (unpaired) electrons. The van der Waals surface area contributed by atoms with Gasteiger partial charge in [-0.05, 0) is 23.3 Å². The van der Waals surface area contributed by atoms with Gasteiger partial charge in [-0.1, -0.05) is 42.5 Å². The normalized spacial score (nSPS) is 12.0. The van der Waals surface area contributed by atoms with Gasteiger partial charge in [0.25, 0.3) is 0 Å². The zero-order chi connectivity index (χ0) is 15.2. The molecule has 0 aliphatic rings. The molecule has 0 fully saturated rings. The summed E-state index contributed by atoms with van der Waals surface area (Å²) in [5, 5.41) is 9.94. The molecule has 1 atom stereocenters. The van der Waals surface area contributed by atoms with Crippen LogP contribution in [0.5, 0.6) is 5.75 Å². The molecule has 2 aromatic carbocycles. The number of benzene rings is 2. The summed E-state index contributed by atoms with van der Waals surface area (Å²) in [4.78, 5) is 3.94. The average Bonchev–Trinajstić information content (AvgIpc) is 3.07. The highest BCUT2D eigenvalue weighted by Crippen LogP contribution is 2.22. The first-order valence-electron chi connectivity index (χ1n) is 7.23. The smallest absolute Gasteiger partial charge is 0.119 e. The van der Waals surface area contributed by atoms with Crippen molar-refractivity contribution in [3.8, 4) is 16.9 Å². The SMILES string of the molecule is O[C@@H](COc1ccc(-c2ccccc2)cc1)Cn1ccnc1. The fourth-order valence-electron chi connectivity index (χ4n) is 2.26. The van der Waals surface area contributed by atoms with Crippen LogP contribution in [0.1, 0.15) is 0 Å². The lowest BCUT2D eigenvalue weighted by atomic mass is 10.1. The Bertz CT molecular complexity index is 679. The molecule has 1 N–H and O–H groups in total. The molecule has 0 saturated carbocycles. The van der Waals surface area contributed by atoms with Crippen LogP contribution in [0, 0.1) is 0 Å². The van der Waals surface area contributed by atoms with E-state index in [0.29, 0.717) is 6.54 Å². The lowest BCUT2D eigenvalue weighted by Gasteiger charge is -2.13. The Labute approximate surface area is 129 Å². The predicted octanol–water partition coefficient (Wildman–Crippen LogP) is 2.99. The van der Waals surface area contributed by atoms with E-state index in [0.717, 1.165) is 11.3 Å². The lowest BCUT2D eigenvalue weighted by Crippen LogP contribution is -2.22. The second-order valence-corrected chi connectivity index (χ2v) is 5.11. The van der Waals surface area contributed by atoms with Gasteiger partial charge in [-0.15, -0.1) is 0 Å². The first kappa shape index (κ1) is 14.4. The van der Waals surface area contributed by atoms with Gasteiger partial charge in [0.1, 0.15) is 18.5 Å². The molecule has 1 aromatic heterocycles. The number of aliphatic hydroxyl groups excluding tert-OH is 1. The molecule has 0 spiro atoms. The molecule has 0 aliphatic heterocycles. The lowest BCUT2D eigenvalue weighted by molar-refractivity contribution is 0.0925. The number of imidazole rings is 1. The molecular weight excluding hydrogens is 276 g/mol. The topological polar surface area (TPSA) is 47.3 Å². The zero-order valence-electron chi connectivity index (χ0n) is 12.2. The number of hydrogen-bond acceptors (Lipinski definition) is 3. The minimum atomic E-state index is -0.567. The second kappa shape index (κ2) is 6.91. The molecule has 0 saturated heterocycles. The van der Waals surface area contributed by atoms with Crippen LogP contribution in [-0.4, -0.2) is 27.4 Å². The molecule has 22 heavy (non-hydrogen) atoms. The fraction of sp³-hybridized carbons (Fsp3) is 0.167. The largest absolute Gasteiger partial charge is 0.491 e.